The molecule has 3 aromatic rings. The minimum absolute atomic E-state index is 0.0408. The van der Waals surface area contributed by atoms with Crippen molar-refractivity contribution < 1.29 is 9.47 Å². The first-order valence-corrected chi connectivity index (χ1v) is 10.8. The molecule has 1 fully saturated rings. The lowest BCUT2D eigenvalue weighted by Gasteiger charge is -2.21. The van der Waals surface area contributed by atoms with E-state index < -0.39 is 5.69 Å². The van der Waals surface area contributed by atoms with E-state index in [1.165, 1.54) is 0 Å². The quantitative estimate of drug-likeness (QED) is 0.550. The molecule has 1 aliphatic carbocycles. The Morgan fingerprint density at radius 1 is 1.00 bits per heavy atom. The highest BCUT2D eigenvalue weighted by molar-refractivity contribution is 5.21. The summed E-state index contributed by atoms with van der Waals surface area (Å²) in [4.78, 5) is 26.7. The topological polar surface area (TPSA) is 73.3 Å². The Labute approximate surface area is 187 Å². The summed E-state index contributed by atoms with van der Waals surface area (Å²) in [5.74, 6) is 0.0408. The molecule has 1 heterocycles. The average molecular weight is 433 g/mol. The van der Waals surface area contributed by atoms with Crippen molar-refractivity contribution in [2.45, 2.75) is 38.7 Å². The zero-order valence-electron chi connectivity index (χ0n) is 18.2. The van der Waals surface area contributed by atoms with Gasteiger partial charge >= 0.3 is 5.69 Å². The summed E-state index contributed by atoms with van der Waals surface area (Å²) in [7, 11) is 0. The Bertz CT molecular complexity index is 1170. The van der Waals surface area contributed by atoms with Gasteiger partial charge in [-0.1, -0.05) is 67.2 Å². The number of aromatic nitrogens is 2. The van der Waals surface area contributed by atoms with E-state index in [-0.39, 0.29) is 23.6 Å². The third kappa shape index (κ3) is 4.98. The van der Waals surface area contributed by atoms with E-state index in [2.05, 4.69) is 11.6 Å². The maximum absolute atomic E-state index is 12.5. The molecule has 6 heteroatoms. The molecule has 1 aliphatic rings. The van der Waals surface area contributed by atoms with Crippen LogP contribution in [0.15, 0.2) is 88.6 Å². The molecule has 3 atom stereocenters. The SMILES string of the molecule is C=C1C(OCc2ccccc2)C(COCc2ccccc2)CC1n1cc(C)c(=O)[nH]c1=O. The number of nitrogens with zero attached hydrogens (tertiary/aromatic N) is 1. The zero-order chi connectivity index (χ0) is 22.5. The highest BCUT2D eigenvalue weighted by Gasteiger charge is 2.40. The fourth-order valence-electron chi connectivity index (χ4n) is 4.23. The number of H-pyrrole nitrogens is 1. The van der Waals surface area contributed by atoms with Gasteiger partial charge in [0.2, 0.25) is 0 Å². The van der Waals surface area contributed by atoms with Crippen LogP contribution in [-0.2, 0) is 22.7 Å². The molecule has 32 heavy (non-hydrogen) atoms. The molecule has 0 radical (unpaired) electrons. The highest BCUT2D eigenvalue weighted by Crippen LogP contribution is 2.40. The highest BCUT2D eigenvalue weighted by atomic mass is 16.5. The van der Waals surface area contributed by atoms with Crippen LogP contribution in [0.5, 0.6) is 0 Å². The third-order valence-corrected chi connectivity index (χ3v) is 5.95. The minimum atomic E-state index is -0.431. The molecule has 1 saturated carbocycles. The third-order valence-electron chi connectivity index (χ3n) is 5.95. The molecule has 4 rings (SSSR count). The smallest absolute Gasteiger partial charge is 0.328 e. The summed E-state index contributed by atoms with van der Waals surface area (Å²) in [5, 5.41) is 0. The Morgan fingerprint density at radius 3 is 2.28 bits per heavy atom. The number of nitrogens with one attached hydrogen (secondary N) is 1. The van der Waals surface area contributed by atoms with Crippen LogP contribution in [0, 0.1) is 12.8 Å². The van der Waals surface area contributed by atoms with Crippen molar-refractivity contribution in [2.24, 2.45) is 5.92 Å². The lowest BCUT2D eigenvalue weighted by Crippen LogP contribution is -2.33. The molecule has 1 aromatic heterocycles. The summed E-state index contributed by atoms with van der Waals surface area (Å²) in [5.41, 5.74) is 2.69. The van der Waals surface area contributed by atoms with Gasteiger partial charge in [0.05, 0.1) is 32.0 Å². The Kier molecular flexibility index (Phi) is 6.83. The minimum Gasteiger partial charge on any atom is -0.376 e. The van der Waals surface area contributed by atoms with Crippen molar-refractivity contribution in [3.63, 3.8) is 0 Å². The van der Waals surface area contributed by atoms with Gasteiger partial charge in [0, 0.05) is 17.7 Å². The zero-order valence-corrected chi connectivity index (χ0v) is 18.2. The average Bonchev–Trinajstić information content (AvgIpc) is 3.11. The number of ether oxygens (including phenoxy) is 2. The van der Waals surface area contributed by atoms with Gasteiger partial charge in [0.15, 0.2) is 0 Å². The number of hydrogen-bond donors (Lipinski definition) is 1. The van der Waals surface area contributed by atoms with Crippen LogP contribution in [0.2, 0.25) is 0 Å². The number of aromatic amines is 1. The van der Waals surface area contributed by atoms with Gasteiger partial charge in [-0.3, -0.25) is 14.3 Å². The van der Waals surface area contributed by atoms with Crippen molar-refractivity contribution in [3.05, 3.63) is 117 Å². The number of hydrogen-bond acceptors (Lipinski definition) is 4. The maximum atomic E-state index is 12.5. The van der Waals surface area contributed by atoms with Crippen molar-refractivity contribution in [1.29, 1.82) is 0 Å². The van der Waals surface area contributed by atoms with Gasteiger partial charge < -0.3 is 9.47 Å². The first-order chi connectivity index (χ1) is 15.5. The van der Waals surface area contributed by atoms with E-state index in [0.717, 1.165) is 16.7 Å². The van der Waals surface area contributed by atoms with Crippen LogP contribution in [0.25, 0.3) is 0 Å². The standard InChI is InChI=1S/C26H28N2O4/c1-18-14-28(26(30)27-25(18)29)23-13-22(17-31-15-20-9-5-3-6-10-20)24(19(23)2)32-16-21-11-7-4-8-12-21/h3-12,14,22-24H,2,13,15-17H2,1H3,(H,27,29,30). The normalized spacial score (nSPS) is 20.5. The molecular formula is C26H28N2O4. The molecular weight excluding hydrogens is 404 g/mol. The summed E-state index contributed by atoms with van der Waals surface area (Å²) < 4.78 is 13.9. The Balaban J connectivity index is 1.52. The summed E-state index contributed by atoms with van der Waals surface area (Å²) in [6.07, 6.45) is 2.01. The van der Waals surface area contributed by atoms with E-state index in [0.29, 0.717) is 31.8 Å². The van der Waals surface area contributed by atoms with Crippen LogP contribution in [0.3, 0.4) is 0 Å². The van der Waals surface area contributed by atoms with Gasteiger partial charge in [0.25, 0.3) is 5.56 Å². The van der Waals surface area contributed by atoms with Crippen LogP contribution in [0.4, 0.5) is 0 Å². The van der Waals surface area contributed by atoms with Gasteiger partial charge in [-0.15, -0.1) is 0 Å². The van der Waals surface area contributed by atoms with Crippen LogP contribution in [0.1, 0.15) is 29.2 Å². The van der Waals surface area contributed by atoms with Crippen molar-refractivity contribution in [1.82, 2.24) is 9.55 Å². The molecule has 1 N–H and O–H groups in total. The van der Waals surface area contributed by atoms with E-state index in [1.54, 1.807) is 17.7 Å². The molecule has 166 valence electrons. The monoisotopic (exact) mass is 432 g/mol. The van der Waals surface area contributed by atoms with Crippen LogP contribution in [-0.4, -0.2) is 22.3 Å². The van der Waals surface area contributed by atoms with Crippen molar-refractivity contribution in [2.75, 3.05) is 6.61 Å². The second-order valence-electron chi connectivity index (χ2n) is 8.28. The van der Waals surface area contributed by atoms with E-state index in [9.17, 15) is 9.59 Å². The molecule has 0 aliphatic heterocycles. The van der Waals surface area contributed by atoms with Gasteiger partial charge in [0.1, 0.15) is 0 Å². The van der Waals surface area contributed by atoms with Crippen molar-refractivity contribution >= 4 is 0 Å². The lowest BCUT2D eigenvalue weighted by molar-refractivity contribution is -0.00364. The molecule has 0 bridgehead atoms. The molecule has 6 nitrogen and oxygen atoms in total. The predicted molar refractivity (Wildman–Crippen MR) is 123 cm³/mol. The summed E-state index contributed by atoms with van der Waals surface area (Å²) in [6, 6.07) is 19.7. The second kappa shape index (κ2) is 9.94. The van der Waals surface area contributed by atoms with Gasteiger partial charge in [-0.05, 0) is 30.0 Å². The fourth-order valence-corrected chi connectivity index (χ4v) is 4.23. The molecule has 2 aromatic carbocycles. The molecule has 0 amide bonds. The van der Waals surface area contributed by atoms with Crippen LogP contribution >= 0.6 is 0 Å². The summed E-state index contributed by atoms with van der Waals surface area (Å²) >= 11 is 0. The molecule has 0 spiro atoms. The number of aryl methyl sites for hydroxylation is 1. The molecule has 0 saturated heterocycles. The Hall–Kier alpha value is -3.22. The second-order valence-corrected chi connectivity index (χ2v) is 8.28. The first-order valence-electron chi connectivity index (χ1n) is 10.8. The van der Waals surface area contributed by atoms with Crippen molar-refractivity contribution in [3.8, 4) is 0 Å². The van der Waals surface area contributed by atoms with Gasteiger partial charge in [-0.25, -0.2) is 4.79 Å². The summed E-state index contributed by atoms with van der Waals surface area (Å²) in [6.45, 7) is 7.42. The Morgan fingerprint density at radius 2 is 1.62 bits per heavy atom. The van der Waals surface area contributed by atoms with E-state index >= 15 is 0 Å². The van der Waals surface area contributed by atoms with E-state index in [1.807, 2.05) is 60.7 Å². The van der Waals surface area contributed by atoms with E-state index in [4.69, 9.17) is 9.47 Å². The van der Waals surface area contributed by atoms with Crippen LogP contribution < -0.4 is 11.2 Å². The number of rotatable bonds is 8. The number of benzene rings is 2. The maximum Gasteiger partial charge on any atom is 0.328 e. The predicted octanol–water partition coefficient (Wildman–Crippen LogP) is 3.76. The molecule has 3 unspecified atom stereocenters. The lowest BCUT2D eigenvalue weighted by atomic mass is 10.1. The largest absolute Gasteiger partial charge is 0.376 e. The first kappa shape index (κ1) is 22.0. The van der Waals surface area contributed by atoms with Gasteiger partial charge in [-0.2, -0.15) is 0 Å². The fraction of sp³-hybridized carbons (Fsp3) is 0.308.